The maximum atomic E-state index is 4.52. The fourth-order valence-electron chi connectivity index (χ4n) is 2.46. The minimum absolute atomic E-state index is 0.678. The molecular formula is C15H20N6. The summed E-state index contributed by atoms with van der Waals surface area (Å²) in [4.78, 5) is 4.52. The van der Waals surface area contributed by atoms with Crippen LogP contribution in [0.1, 0.15) is 24.7 Å². The van der Waals surface area contributed by atoms with Crippen LogP contribution in [0.3, 0.4) is 0 Å². The molecule has 6 heteroatoms. The largest absolute Gasteiger partial charge is 0.325 e. The van der Waals surface area contributed by atoms with Crippen molar-refractivity contribution in [2.24, 2.45) is 7.05 Å². The first-order valence-electron chi connectivity index (χ1n) is 7.26. The van der Waals surface area contributed by atoms with Gasteiger partial charge in [0.05, 0.1) is 6.54 Å². The van der Waals surface area contributed by atoms with E-state index >= 15 is 0 Å². The standard InChI is InChI=1S/C15H20N6/c1-3-6-16-8-12-9-21(10-14-19-18-11-20(14)2)15-13(12)5-4-7-17-15/h4-5,7,9,11,16H,3,6,8,10H2,1-2H3. The Morgan fingerprint density at radius 2 is 2.24 bits per heavy atom. The predicted molar refractivity (Wildman–Crippen MR) is 81.8 cm³/mol. The summed E-state index contributed by atoms with van der Waals surface area (Å²) >= 11 is 0. The summed E-state index contributed by atoms with van der Waals surface area (Å²) in [6, 6.07) is 4.11. The Bertz CT molecular complexity index is 727. The molecule has 1 N–H and O–H groups in total. The first-order valence-corrected chi connectivity index (χ1v) is 7.26. The van der Waals surface area contributed by atoms with Crippen LogP contribution in [0.15, 0.2) is 30.9 Å². The van der Waals surface area contributed by atoms with Crippen LogP contribution in [0.2, 0.25) is 0 Å². The number of nitrogens with zero attached hydrogens (tertiary/aromatic N) is 5. The number of aromatic nitrogens is 5. The molecule has 3 rings (SSSR count). The summed E-state index contributed by atoms with van der Waals surface area (Å²) in [6.07, 6.45) is 6.85. The van der Waals surface area contributed by atoms with E-state index in [4.69, 9.17) is 0 Å². The summed E-state index contributed by atoms with van der Waals surface area (Å²) in [6.45, 7) is 4.74. The summed E-state index contributed by atoms with van der Waals surface area (Å²) < 4.78 is 4.08. The van der Waals surface area contributed by atoms with Gasteiger partial charge in [-0.1, -0.05) is 6.92 Å². The fraction of sp³-hybridized carbons (Fsp3) is 0.400. The second-order valence-electron chi connectivity index (χ2n) is 5.19. The summed E-state index contributed by atoms with van der Waals surface area (Å²) in [7, 11) is 1.96. The average molecular weight is 284 g/mol. The highest BCUT2D eigenvalue weighted by Gasteiger charge is 2.11. The Morgan fingerprint density at radius 3 is 3.00 bits per heavy atom. The molecule has 0 atom stereocenters. The fourth-order valence-corrected chi connectivity index (χ4v) is 2.46. The molecule has 0 aromatic carbocycles. The number of fused-ring (bicyclic) bond motifs is 1. The number of pyridine rings is 1. The number of hydrogen-bond donors (Lipinski definition) is 1. The normalized spacial score (nSPS) is 11.3. The second kappa shape index (κ2) is 6.05. The van der Waals surface area contributed by atoms with Crippen molar-refractivity contribution in [2.45, 2.75) is 26.4 Å². The lowest BCUT2D eigenvalue weighted by Gasteiger charge is -2.03. The number of aryl methyl sites for hydroxylation is 1. The molecule has 0 spiro atoms. The molecule has 0 fully saturated rings. The van der Waals surface area contributed by atoms with Gasteiger partial charge in [-0.3, -0.25) is 0 Å². The topological polar surface area (TPSA) is 60.6 Å². The smallest absolute Gasteiger partial charge is 0.152 e. The van der Waals surface area contributed by atoms with Crippen molar-refractivity contribution in [2.75, 3.05) is 6.54 Å². The molecule has 0 amide bonds. The summed E-state index contributed by atoms with van der Waals surface area (Å²) in [5.41, 5.74) is 2.27. The lowest BCUT2D eigenvalue weighted by Crippen LogP contribution is -2.13. The molecule has 3 aromatic rings. The molecule has 3 heterocycles. The molecule has 0 aliphatic rings. The van der Waals surface area contributed by atoms with E-state index in [2.05, 4.69) is 44.3 Å². The van der Waals surface area contributed by atoms with Gasteiger partial charge in [0.2, 0.25) is 0 Å². The molecule has 110 valence electrons. The zero-order valence-electron chi connectivity index (χ0n) is 12.5. The van der Waals surface area contributed by atoms with E-state index in [0.29, 0.717) is 6.54 Å². The van der Waals surface area contributed by atoms with E-state index in [1.54, 1.807) is 6.33 Å². The highest BCUT2D eigenvalue weighted by atomic mass is 15.3. The van der Waals surface area contributed by atoms with Gasteiger partial charge in [-0.2, -0.15) is 0 Å². The molecule has 0 aliphatic carbocycles. The van der Waals surface area contributed by atoms with Gasteiger partial charge in [0.25, 0.3) is 0 Å². The highest BCUT2D eigenvalue weighted by Crippen LogP contribution is 2.20. The van der Waals surface area contributed by atoms with E-state index in [1.165, 1.54) is 10.9 Å². The molecule has 21 heavy (non-hydrogen) atoms. The Kier molecular flexibility index (Phi) is 3.96. The monoisotopic (exact) mass is 284 g/mol. The minimum Gasteiger partial charge on any atom is -0.325 e. The van der Waals surface area contributed by atoms with Gasteiger partial charge in [-0.25, -0.2) is 4.98 Å². The molecular weight excluding hydrogens is 264 g/mol. The third-order valence-corrected chi connectivity index (χ3v) is 3.58. The molecule has 0 radical (unpaired) electrons. The molecule has 0 saturated carbocycles. The van der Waals surface area contributed by atoms with Crippen molar-refractivity contribution in [1.82, 2.24) is 29.6 Å². The van der Waals surface area contributed by atoms with E-state index in [9.17, 15) is 0 Å². The molecule has 0 saturated heterocycles. The Balaban J connectivity index is 1.93. The molecule has 0 bridgehead atoms. The average Bonchev–Trinajstić information content (AvgIpc) is 3.05. The van der Waals surface area contributed by atoms with Gasteiger partial charge in [-0.05, 0) is 30.7 Å². The van der Waals surface area contributed by atoms with E-state index in [1.807, 2.05) is 23.9 Å². The van der Waals surface area contributed by atoms with E-state index in [-0.39, 0.29) is 0 Å². The van der Waals surface area contributed by atoms with Crippen LogP contribution in [0.4, 0.5) is 0 Å². The van der Waals surface area contributed by atoms with Gasteiger partial charge in [0.1, 0.15) is 12.0 Å². The predicted octanol–water partition coefficient (Wildman–Crippen LogP) is 1.71. The van der Waals surface area contributed by atoms with Gasteiger partial charge in [0, 0.05) is 31.4 Å². The number of hydrogen-bond acceptors (Lipinski definition) is 4. The van der Waals surface area contributed by atoms with Crippen LogP contribution in [0, 0.1) is 0 Å². The van der Waals surface area contributed by atoms with Crippen LogP contribution >= 0.6 is 0 Å². The molecule has 0 aliphatic heterocycles. The van der Waals surface area contributed by atoms with Crippen LogP contribution in [-0.4, -0.2) is 30.9 Å². The lowest BCUT2D eigenvalue weighted by atomic mass is 10.2. The first kappa shape index (κ1) is 13.8. The Labute approximate surface area is 123 Å². The third-order valence-electron chi connectivity index (χ3n) is 3.58. The van der Waals surface area contributed by atoms with Gasteiger partial charge >= 0.3 is 0 Å². The Hall–Kier alpha value is -2.21. The van der Waals surface area contributed by atoms with Gasteiger partial charge in [-0.15, -0.1) is 10.2 Å². The van der Waals surface area contributed by atoms with Crippen molar-refractivity contribution in [1.29, 1.82) is 0 Å². The van der Waals surface area contributed by atoms with E-state index < -0.39 is 0 Å². The molecule has 6 nitrogen and oxygen atoms in total. The van der Waals surface area contributed by atoms with Gasteiger partial charge < -0.3 is 14.5 Å². The molecule has 0 unspecified atom stereocenters. The van der Waals surface area contributed by atoms with Crippen LogP contribution in [-0.2, 0) is 20.1 Å². The number of nitrogens with one attached hydrogen (secondary N) is 1. The number of rotatable bonds is 6. The first-order chi connectivity index (χ1) is 10.3. The zero-order chi connectivity index (χ0) is 14.7. The quantitative estimate of drug-likeness (QED) is 0.700. The molecule has 3 aromatic heterocycles. The Morgan fingerprint density at radius 1 is 1.33 bits per heavy atom. The van der Waals surface area contributed by atoms with Gasteiger partial charge in [0.15, 0.2) is 5.82 Å². The van der Waals surface area contributed by atoms with Crippen molar-refractivity contribution in [3.8, 4) is 0 Å². The van der Waals surface area contributed by atoms with Crippen LogP contribution in [0.25, 0.3) is 11.0 Å². The summed E-state index contributed by atoms with van der Waals surface area (Å²) in [5, 5.41) is 12.7. The minimum atomic E-state index is 0.678. The van der Waals surface area contributed by atoms with Crippen molar-refractivity contribution in [3.05, 3.63) is 42.2 Å². The second-order valence-corrected chi connectivity index (χ2v) is 5.19. The SMILES string of the molecule is CCCNCc1cn(Cc2nncn2C)c2ncccc12. The zero-order valence-corrected chi connectivity index (χ0v) is 12.5. The highest BCUT2D eigenvalue weighted by molar-refractivity contribution is 5.80. The maximum absolute atomic E-state index is 4.52. The maximum Gasteiger partial charge on any atom is 0.152 e. The van der Waals surface area contributed by atoms with Crippen molar-refractivity contribution in [3.63, 3.8) is 0 Å². The third kappa shape index (κ3) is 2.80. The van der Waals surface area contributed by atoms with Crippen LogP contribution < -0.4 is 5.32 Å². The van der Waals surface area contributed by atoms with Crippen molar-refractivity contribution < 1.29 is 0 Å². The summed E-state index contributed by atoms with van der Waals surface area (Å²) in [5.74, 6) is 0.922. The van der Waals surface area contributed by atoms with Crippen LogP contribution in [0.5, 0.6) is 0 Å². The van der Waals surface area contributed by atoms with E-state index in [0.717, 1.165) is 31.0 Å². The van der Waals surface area contributed by atoms with Crippen molar-refractivity contribution >= 4 is 11.0 Å². The lowest BCUT2D eigenvalue weighted by molar-refractivity contribution is 0.670.